The number of hydrogen-bond acceptors (Lipinski definition) is 2. The number of nitrogens with zero attached hydrogens (tertiary/aromatic N) is 1. The van der Waals surface area contributed by atoms with Gasteiger partial charge in [0.05, 0.1) is 5.60 Å². The Balaban J connectivity index is 1.76. The Hall–Kier alpha value is -0.770. The largest absolute Gasteiger partial charge is 0.390 e. The van der Waals surface area contributed by atoms with Crippen LogP contribution in [0.3, 0.4) is 0 Å². The molecular weight excluding hydrogens is 216 g/mol. The minimum atomic E-state index is -0.582. The minimum Gasteiger partial charge on any atom is -0.390 e. The molecule has 0 aromatic carbocycles. The van der Waals surface area contributed by atoms with Gasteiger partial charge in [0.2, 0.25) is 0 Å². The molecule has 17 heavy (non-hydrogen) atoms. The van der Waals surface area contributed by atoms with Gasteiger partial charge in [0.15, 0.2) is 0 Å². The number of nitrogens with one attached hydrogen (secondary N) is 1. The van der Waals surface area contributed by atoms with Crippen molar-refractivity contribution in [3.05, 3.63) is 0 Å². The van der Waals surface area contributed by atoms with Crippen LogP contribution in [-0.2, 0) is 0 Å². The van der Waals surface area contributed by atoms with Crippen molar-refractivity contribution in [2.24, 2.45) is 0 Å². The summed E-state index contributed by atoms with van der Waals surface area (Å²) in [5.41, 5.74) is -0.582. The lowest BCUT2D eigenvalue weighted by atomic mass is 9.94. The average molecular weight is 240 g/mol. The molecule has 1 heterocycles. The Labute approximate surface area is 103 Å². The topological polar surface area (TPSA) is 52.6 Å². The maximum Gasteiger partial charge on any atom is 0.317 e. The molecule has 1 aliphatic heterocycles. The van der Waals surface area contributed by atoms with Gasteiger partial charge in [-0.2, -0.15) is 0 Å². The summed E-state index contributed by atoms with van der Waals surface area (Å²) < 4.78 is 0. The number of carbonyl (C=O) groups excluding carboxylic acids is 1. The fourth-order valence-corrected chi connectivity index (χ4v) is 2.70. The van der Waals surface area contributed by atoms with Crippen molar-refractivity contribution in [2.45, 2.75) is 63.5 Å². The van der Waals surface area contributed by atoms with Crippen LogP contribution in [-0.4, -0.2) is 40.8 Å². The Morgan fingerprint density at radius 2 is 1.82 bits per heavy atom. The Morgan fingerprint density at radius 1 is 1.24 bits per heavy atom. The second-order valence-electron chi connectivity index (χ2n) is 5.77. The molecule has 1 saturated carbocycles. The average Bonchev–Trinajstić information content (AvgIpc) is 2.30. The van der Waals surface area contributed by atoms with Gasteiger partial charge < -0.3 is 15.3 Å². The first-order chi connectivity index (χ1) is 8.07. The monoisotopic (exact) mass is 240 g/mol. The van der Waals surface area contributed by atoms with Gasteiger partial charge in [-0.25, -0.2) is 4.79 Å². The predicted molar refractivity (Wildman–Crippen MR) is 66.8 cm³/mol. The van der Waals surface area contributed by atoms with Gasteiger partial charge in [0, 0.05) is 19.1 Å². The summed E-state index contributed by atoms with van der Waals surface area (Å²) in [7, 11) is 0. The van der Waals surface area contributed by atoms with E-state index in [0.717, 1.165) is 12.8 Å². The number of rotatable bonds is 1. The van der Waals surface area contributed by atoms with Gasteiger partial charge in [-0.1, -0.05) is 19.3 Å². The minimum absolute atomic E-state index is 0.0624. The van der Waals surface area contributed by atoms with Crippen molar-refractivity contribution in [1.82, 2.24) is 10.2 Å². The van der Waals surface area contributed by atoms with Crippen LogP contribution in [0.1, 0.15) is 51.9 Å². The number of hydrogen-bond donors (Lipinski definition) is 2. The maximum absolute atomic E-state index is 12.0. The molecule has 1 saturated heterocycles. The lowest BCUT2D eigenvalue weighted by Crippen LogP contribution is -2.51. The van der Waals surface area contributed by atoms with Gasteiger partial charge in [-0.3, -0.25) is 0 Å². The number of amides is 2. The van der Waals surface area contributed by atoms with E-state index in [1.54, 1.807) is 0 Å². The Kier molecular flexibility index (Phi) is 3.92. The van der Waals surface area contributed by atoms with Crippen LogP contribution >= 0.6 is 0 Å². The number of urea groups is 1. The fraction of sp³-hybridized carbons (Fsp3) is 0.923. The fourth-order valence-electron chi connectivity index (χ4n) is 2.70. The van der Waals surface area contributed by atoms with Crippen LogP contribution in [0.4, 0.5) is 4.79 Å². The molecule has 0 aromatic heterocycles. The van der Waals surface area contributed by atoms with E-state index >= 15 is 0 Å². The Morgan fingerprint density at radius 3 is 2.41 bits per heavy atom. The Bertz CT molecular complexity index is 263. The standard InChI is InChI=1S/C13H24N2O2/c1-13(17)7-9-15(10-8-13)12(16)14-11-5-3-2-4-6-11/h11,17H,2-10H2,1H3,(H,14,16). The van der Waals surface area contributed by atoms with Crippen LogP contribution in [0.2, 0.25) is 0 Å². The van der Waals surface area contributed by atoms with Crippen molar-refractivity contribution in [2.75, 3.05) is 13.1 Å². The summed E-state index contributed by atoms with van der Waals surface area (Å²) in [4.78, 5) is 13.9. The molecule has 0 aromatic rings. The molecule has 0 unspecified atom stereocenters. The van der Waals surface area contributed by atoms with Gasteiger partial charge >= 0.3 is 6.03 Å². The van der Waals surface area contributed by atoms with Gasteiger partial charge in [0.1, 0.15) is 0 Å². The third-order valence-electron chi connectivity index (χ3n) is 4.06. The van der Waals surface area contributed by atoms with E-state index < -0.39 is 5.60 Å². The summed E-state index contributed by atoms with van der Waals surface area (Å²) in [6, 6.07) is 0.436. The zero-order chi connectivity index (χ0) is 12.3. The zero-order valence-corrected chi connectivity index (χ0v) is 10.7. The molecule has 2 fully saturated rings. The molecule has 98 valence electrons. The first-order valence-corrected chi connectivity index (χ1v) is 6.85. The molecule has 0 spiro atoms. The second kappa shape index (κ2) is 5.25. The molecule has 4 heteroatoms. The third-order valence-corrected chi connectivity index (χ3v) is 4.06. The van der Waals surface area contributed by atoms with Crippen LogP contribution < -0.4 is 5.32 Å². The lowest BCUT2D eigenvalue weighted by Gasteiger charge is -2.36. The maximum atomic E-state index is 12.0. The van der Waals surface area contributed by atoms with E-state index in [4.69, 9.17) is 0 Å². The summed E-state index contributed by atoms with van der Waals surface area (Å²) in [6.45, 7) is 3.19. The number of likely N-dealkylation sites (tertiary alicyclic amines) is 1. The molecule has 4 nitrogen and oxygen atoms in total. The first kappa shape index (κ1) is 12.7. The van der Waals surface area contributed by atoms with E-state index in [-0.39, 0.29) is 6.03 Å². The highest BCUT2D eigenvalue weighted by Crippen LogP contribution is 2.22. The van der Waals surface area contributed by atoms with E-state index in [0.29, 0.717) is 32.0 Å². The van der Waals surface area contributed by atoms with E-state index in [2.05, 4.69) is 5.32 Å². The van der Waals surface area contributed by atoms with Gasteiger partial charge in [0.25, 0.3) is 0 Å². The summed E-state index contributed by atoms with van der Waals surface area (Å²) in [6.07, 6.45) is 7.39. The summed E-state index contributed by atoms with van der Waals surface area (Å²) >= 11 is 0. The zero-order valence-electron chi connectivity index (χ0n) is 10.7. The summed E-state index contributed by atoms with van der Waals surface area (Å²) in [5.74, 6) is 0. The lowest BCUT2D eigenvalue weighted by molar-refractivity contribution is 0.00405. The normalized spacial score (nSPS) is 25.6. The third kappa shape index (κ3) is 3.60. The van der Waals surface area contributed by atoms with Crippen LogP contribution in [0.25, 0.3) is 0 Å². The molecule has 2 amide bonds. The molecule has 0 bridgehead atoms. The van der Waals surface area contributed by atoms with Crippen LogP contribution in [0.5, 0.6) is 0 Å². The predicted octanol–water partition coefficient (Wildman–Crippen LogP) is 1.88. The highest BCUT2D eigenvalue weighted by Gasteiger charge is 2.30. The van der Waals surface area contributed by atoms with Crippen molar-refractivity contribution in [3.8, 4) is 0 Å². The second-order valence-corrected chi connectivity index (χ2v) is 5.77. The number of carbonyl (C=O) groups is 1. The number of piperidine rings is 1. The molecule has 2 N–H and O–H groups in total. The number of aliphatic hydroxyl groups is 1. The van der Waals surface area contributed by atoms with Crippen molar-refractivity contribution >= 4 is 6.03 Å². The van der Waals surface area contributed by atoms with Gasteiger partial charge in [-0.05, 0) is 32.6 Å². The van der Waals surface area contributed by atoms with E-state index in [9.17, 15) is 9.90 Å². The smallest absolute Gasteiger partial charge is 0.317 e. The van der Waals surface area contributed by atoms with Crippen molar-refractivity contribution < 1.29 is 9.90 Å². The van der Waals surface area contributed by atoms with Gasteiger partial charge in [-0.15, -0.1) is 0 Å². The summed E-state index contributed by atoms with van der Waals surface area (Å²) in [5, 5.41) is 13.0. The molecule has 2 aliphatic rings. The molecule has 2 rings (SSSR count). The molecular formula is C13H24N2O2. The SMILES string of the molecule is CC1(O)CCN(C(=O)NC2CCCCC2)CC1. The van der Waals surface area contributed by atoms with E-state index in [1.165, 1.54) is 19.3 Å². The van der Waals surface area contributed by atoms with Crippen LogP contribution in [0.15, 0.2) is 0 Å². The highest BCUT2D eigenvalue weighted by molar-refractivity contribution is 5.74. The quantitative estimate of drug-likeness (QED) is 0.735. The molecule has 1 aliphatic carbocycles. The van der Waals surface area contributed by atoms with Crippen molar-refractivity contribution in [1.29, 1.82) is 0 Å². The molecule has 0 radical (unpaired) electrons. The molecule has 0 atom stereocenters. The van der Waals surface area contributed by atoms with E-state index in [1.807, 2.05) is 11.8 Å². The highest BCUT2D eigenvalue weighted by atomic mass is 16.3. The first-order valence-electron chi connectivity index (χ1n) is 6.85. The van der Waals surface area contributed by atoms with Crippen molar-refractivity contribution in [3.63, 3.8) is 0 Å². The van der Waals surface area contributed by atoms with Crippen LogP contribution in [0, 0.1) is 0 Å².